The first kappa shape index (κ1) is 15.5. The minimum atomic E-state index is -0.873. The third-order valence-corrected chi connectivity index (χ3v) is 4.07. The molecule has 21 heavy (non-hydrogen) atoms. The molecule has 1 N–H and O–H groups in total. The summed E-state index contributed by atoms with van der Waals surface area (Å²) in [5.74, 6) is -0.873. The molecule has 0 radical (unpaired) electrons. The van der Waals surface area contributed by atoms with Crippen molar-refractivity contribution < 1.29 is 9.90 Å². The Hall–Kier alpha value is -1.84. The third kappa shape index (κ3) is 3.43. The van der Waals surface area contributed by atoms with Crippen LogP contribution in [0.2, 0.25) is 5.02 Å². The summed E-state index contributed by atoms with van der Waals surface area (Å²) in [6.07, 6.45) is 0. The molecular weight excluding hydrogens is 286 g/mol. The number of carboxylic acid groups (broad SMARTS) is 1. The molecule has 0 saturated heterocycles. The van der Waals surface area contributed by atoms with E-state index in [-0.39, 0.29) is 6.04 Å². The lowest BCUT2D eigenvalue weighted by molar-refractivity contribution is -0.143. The topological polar surface area (TPSA) is 40.5 Å². The van der Waals surface area contributed by atoms with Crippen molar-refractivity contribution in [3.63, 3.8) is 0 Å². The van der Waals surface area contributed by atoms with Crippen molar-refractivity contribution in [2.75, 3.05) is 7.05 Å². The second-order valence-electron chi connectivity index (χ2n) is 5.01. The Morgan fingerprint density at radius 1 is 1.10 bits per heavy atom. The third-order valence-electron chi connectivity index (χ3n) is 3.72. The molecular formula is C17H18ClNO2. The molecule has 110 valence electrons. The van der Waals surface area contributed by atoms with Gasteiger partial charge in [-0.3, -0.25) is 9.69 Å². The standard InChI is InChI=1S/C17H18ClNO2/c1-12(14-10-6-7-11-15(14)18)19(2)16(17(20)21)13-8-4-3-5-9-13/h3-12,16H,1-2H3,(H,20,21). The van der Waals surface area contributed by atoms with Gasteiger partial charge in [-0.25, -0.2) is 0 Å². The fourth-order valence-corrected chi connectivity index (χ4v) is 2.74. The number of likely N-dealkylation sites (N-methyl/N-ethyl adjacent to an activating group) is 1. The highest BCUT2D eigenvalue weighted by molar-refractivity contribution is 6.31. The number of halogens is 1. The Labute approximate surface area is 129 Å². The van der Waals surface area contributed by atoms with Gasteiger partial charge < -0.3 is 5.11 Å². The Morgan fingerprint density at radius 3 is 2.24 bits per heavy atom. The number of rotatable bonds is 5. The highest BCUT2D eigenvalue weighted by Gasteiger charge is 2.29. The summed E-state index contributed by atoms with van der Waals surface area (Å²) in [6.45, 7) is 1.96. The van der Waals surface area contributed by atoms with E-state index in [1.807, 2.05) is 66.4 Å². The first-order valence-corrected chi connectivity index (χ1v) is 7.14. The SMILES string of the molecule is CC(c1ccccc1Cl)N(C)C(C(=O)O)c1ccccc1. The van der Waals surface area contributed by atoms with Crippen LogP contribution in [-0.4, -0.2) is 23.0 Å². The van der Waals surface area contributed by atoms with Gasteiger partial charge >= 0.3 is 5.97 Å². The molecule has 4 heteroatoms. The maximum atomic E-state index is 11.7. The van der Waals surface area contributed by atoms with Gasteiger partial charge in [-0.15, -0.1) is 0 Å². The number of benzene rings is 2. The Kier molecular flexibility index (Phi) is 4.99. The number of nitrogens with zero attached hydrogens (tertiary/aromatic N) is 1. The van der Waals surface area contributed by atoms with Gasteiger partial charge in [-0.1, -0.05) is 60.1 Å². The van der Waals surface area contributed by atoms with E-state index in [1.54, 1.807) is 7.05 Å². The quantitative estimate of drug-likeness (QED) is 0.901. The molecule has 0 bridgehead atoms. The van der Waals surface area contributed by atoms with E-state index in [1.165, 1.54) is 0 Å². The summed E-state index contributed by atoms with van der Waals surface area (Å²) in [5, 5.41) is 10.2. The van der Waals surface area contributed by atoms with Crippen molar-refractivity contribution in [1.82, 2.24) is 4.90 Å². The summed E-state index contributed by atoms with van der Waals surface area (Å²) in [7, 11) is 1.81. The molecule has 0 aliphatic heterocycles. The van der Waals surface area contributed by atoms with E-state index in [9.17, 15) is 9.90 Å². The van der Waals surface area contributed by atoms with Crippen molar-refractivity contribution in [3.05, 3.63) is 70.7 Å². The summed E-state index contributed by atoms with van der Waals surface area (Å²) in [5.41, 5.74) is 1.68. The molecule has 2 unspecified atom stereocenters. The zero-order chi connectivity index (χ0) is 15.4. The van der Waals surface area contributed by atoms with Gasteiger partial charge in [0.1, 0.15) is 6.04 Å². The lowest BCUT2D eigenvalue weighted by Gasteiger charge is -2.31. The van der Waals surface area contributed by atoms with Crippen molar-refractivity contribution in [3.8, 4) is 0 Å². The number of aliphatic carboxylic acids is 1. The average molecular weight is 304 g/mol. The Bertz CT molecular complexity index is 615. The predicted octanol–water partition coefficient (Wildman–Crippen LogP) is 4.16. The zero-order valence-electron chi connectivity index (χ0n) is 12.0. The highest BCUT2D eigenvalue weighted by Crippen LogP contribution is 2.32. The second kappa shape index (κ2) is 6.74. The molecule has 0 spiro atoms. The second-order valence-corrected chi connectivity index (χ2v) is 5.42. The van der Waals surface area contributed by atoms with E-state index >= 15 is 0 Å². The number of hydrogen-bond donors (Lipinski definition) is 1. The minimum Gasteiger partial charge on any atom is -0.480 e. The molecule has 0 aromatic heterocycles. The van der Waals surface area contributed by atoms with Gasteiger partial charge in [-0.05, 0) is 31.2 Å². The van der Waals surface area contributed by atoms with Crippen LogP contribution >= 0.6 is 11.6 Å². The maximum Gasteiger partial charge on any atom is 0.325 e. The lowest BCUT2D eigenvalue weighted by atomic mass is 10.0. The van der Waals surface area contributed by atoms with Crippen molar-refractivity contribution >= 4 is 17.6 Å². The lowest BCUT2D eigenvalue weighted by Crippen LogP contribution is -2.33. The fraction of sp³-hybridized carbons (Fsp3) is 0.235. The van der Waals surface area contributed by atoms with E-state index < -0.39 is 12.0 Å². The zero-order valence-corrected chi connectivity index (χ0v) is 12.8. The molecule has 2 aromatic rings. The number of hydrogen-bond acceptors (Lipinski definition) is 2. The number of carbonyl (C=O) groups is 1. The molecule has 0 heterocycles. The average Bonchev–Trinajstić information content (AvgIpc) is 2.48. The Balaban J connectivity index is 2.33. The molecule has 2 atom stereocenters. The van der Waals surface area contributed by atoms with Gasteiger partial charge in [0, 0.05) is 11.1 Å². The Morgan fingerprint density at radius 2 is 1.67 bits per heavy atom. The molecule has 0 saturated carbocycles. The van der Waals surface area contributed by atoms with E-state index in [4.69, 9.17) is 11.6 Å². The highest BCUT2D eigenvalue weighted by atomic mass is 35.5. The monoisotopic (exact) mass is 303 g/mol. The number of carboxylic acids is 1. The minimum absolute atomic E-state index is 0.111. The first-order chi connectivity index (χ1) is 10.0. The summed E-state index contributed by atoms with van der Waals surface area (Å²) in [4.78, 5) is 13.5. The van der Waals surface area contributed by atoms with Gasteiger partial charge in [0.2, 0.25) is 0 Å². The fourth-order valence-electron chi connectivity index (χ4n) is 2.44. The van der Waals surface area contributed by atoms with Crippen LogP contribution in [0.1, 0.15) is 30.1 Å². The predicted molar refractivity (Wildman–Crippen MR) is 84.4 cm³/mol. The van der Waals surface area contributed by atoms with E-state index in [0.29, 0.717) is 5.02 Å². The summed E-state index contributed by atoms with van der Waals surface area (Å²) < 4.78 is 0. The van der Waals surface area contributed by atoms with Crippen LogP contribution in [0, 0.1) is 0 Å². The van der Waals surface area contributed by atoms with Crippen LogP contribution in [0.4, 0.5) is 0 Å². The maximum absolute atomic E-state index is 11.7. The van der Waals surface area contributed by atoms with Crippen LogP contribution in [0.5, 0.6) is 0 Å². The molecule has 0 fully saturated rings. The van der Waals surface area contributed by atoms with Crippen LogP contribution in [0.25, 0.3) is 0 Å². The van der Waals surface area contributed by atoms with Gasteiger partial charge in [0.15, 0.2) is 0 Å². The van der Waals surface area contributed by atoms with Crippen molar-refractivity contribution in [2.24, 2.45) is 0 Å². The van der Waals surface area contributed by atoms with E-state index in [0.717, 1.165) is 11.1 Å². The van der Waals surface area contributed by atoms with Crippen molar-refractivity contribution in [2.45, 2.75) is 19.0 Å². The molecule has 3 nitrogen and oxygen atoms in total. The van der Waals surface area contributed by atoms with Gasteiger partial charge in [0.05, 0.1) is 0 Å². The van der Waals surface area contributed by atoms with E-state index in [2.05, 4.69) is 0 Å². The van der Waals surface area contributed by atoms with Gasteiger partial charge in [-0.2, -0.15) is 0 Å². The molecule has 2 rings (SSSR count). The van der Waals surface area contributed by atoms with Crippen LogP contribution in [0.3, 0.4) is 0 Å². The molecule has 0 amide bonds. The van der Waals surface area contributed by atoms with Gasteiger partial charge in [0.25, 0.3) is 0 Å². The van der Waals surface area contributed by atoms with Crippen molar-refractivity contribution in [1.29, 1.82) is 0 Å². The molecule has 0 aliphatic carbocycles. The van der Waals surface area contributed by atoms with Crippen LogP contribution < -0.4 is 0 Å². The first-order valence-electron chi connectivity index (χ1n) is 6.76. The molecule has 2 aromatic carbocycles. The largest absolute Gasteiger partial charge is 0.480 e. The van der Waals surface area contributed by atoms with Crippen LogP contribution in [-0.2, 0) is 4.79 Å². The summed E-state index contributed by atoms with van der Waals surface area (Å²) in [6, 6.07) is 15.9. The van der Waals surface area contributed by atoms with Crippen LogP contribution in [0.15, 0.2) is 54.6 Å². The smallest absolute Gasteiger partial charge is 0.325 e. The normalized spacial score (nSPS) is 13.9. The molecule has 0 aliphatic rings. The summed E-state index contributed by atoms with van der Waals surface area (Å²) >= 11 is 6.22.